The van der Waals surface area contributed by atoms with Crippen LogP contribution in [0.4, 0.5) is 0 Å². The molecule has 6 unspecified atom stereocenters. The summed E-state index contributed by atoms with van der Waals surface area (Å²) in [5.41, 5.74) is 0. The van der Waals surface area contributed by atoms with Crippen LogP contribution in [0.1, 0.15) is 32.6 Å². The van der Waals surface area contributed by atoms with Gasteiger partial charge in [-0.3, -0.25) is 9.59 Å². The van der Waals surface area contributed by atoms with Gasteiger partial charge in [-0.2, -0.15) is 0 Å². The normalized spacial score (nSPS) is 42.0. The Kier molecular flexibility index (Phi) is 3.57. The van der Waals surface area contributed by atoms with Crippen LogP contribution in [-0.2, 0) is 9.59 Å². The number of carboxylic acid groups (broad SMARTS) is 1. The lowest BCUT2D eigenvalue weighted by Gasteiger charge is -2.25. The Morgan fingerprint density at radius 1 is 1.20 bits per heavy atom. The van der Waals surface area contributed by atoms with E-state index < -0.39 is 11.9 Å². The van der Waals surface area contributed by atoms with E-state index in [1.54, 1.807) is 0 Å². The molecule has 2 N–H and O–H groups in total. The van der Waals surface area contributed by atoms with Crippen molar-refractivity contribution in [1.29, 1.82) is 0 Å². The smallest absolute Gasteiger partial charge is 0.307 e. The largest absolute Gasteiger partial charge is 0.481 e. The molecule has 0 aromatic rings. The van der Waals surface area contributed by atoms with Crippen molar-refractivity contribution < 1.29 is 14.7 Å². The highest BCUT2D eigenvalue weighted by Crippen LogP contribution is 2.48. The Morgan fingerprint density at radius 2 is 1.90 bits per heavy atom. The SMILES string of the molecule is CC1CCCC1CNC(=O)C1C2C=CC(C2)C1C(=O)O. The summed E-state index contributed by atoms with van der Waals surface area (Å²) in [7, 11) is 0. The van der Waals surface area contributed by atoms with Gasteiger partial charge in [-0.05, 0) is 36.5 Å². The van der Waals surface area contributed by atoms with Crippen molar-refractivity contribution in [2.24, 2.45) is 35.5 Å². The predicted octanol–water partition coefficient (Wildman–Crippen LogP) is 2.06. The fourth-order valence-electron chi connectivity index (χ4n) is 4.39. The Labute approximate surface area is 119 Å². The summed E-state index contributed by atoms with van der Waals surface area (Å²) in [6.45, 7) is 2.95. The van der Waals surface area contributed by atoms with Gasteiger partial charge in [-0.25, -0.2) is 0 Å². The maximum absolute atomic E-state index is 12.4. The predicted molar refractivity (Wildman–Crippen MR) is 74.9 cm³/mol. The molecule has 0 heterocycles. The summed E-state index contributed by atoms with van der Waals surface area (Å²) < 4.78 is 0. The number of carbonyl (C=O) groups excluding carboxylic acids is 1. The van der Waals surface area contributed by atoms with E-state index in [4.69, 9.17) is 0 Å². The van der Waals surface area contributed by atoms with Crippen molar-refractivity contribution in [2.75, 3.05) is 6.54 Å². The highest BCUT2D eigenvalue weighted by molar-refractivity contribution is 5.86. The van der Waals surface area contributed by atoms with E-state index >= 15 is 0 Å². The molecule has 2 bridgehead atoms. The molecule has 110 valence electrons. The van der Waals surface area contributed by atoms with Gasteiger partial charge in [0, 0.05) is 6.54 Å². The first-order valence-electron chi connectivity index (χ1n) is 7.76. The molecule has 0 aromatic heterocycles. The lowest BCUT2D eigenvalue weighted by Crippen LogP contribution is -2.42. The highest BCUT2D eigenvalue weighted by Gasteiger charge is 2.51. The van der Waals surface area contributed by atoms with E-state index in [1.807, 2.05) is 12.2 Å². The first-order chi connectivity index (χ1) is 9.58. The molecule has 6 atom stereocenters. The number of aliphatic carboxylic acids is 1. The minimum atomic E-state index is -0.823. The molecular weight excluding hydrogens is 254 g/mol. The topological polar surface area (TPSA) is 66.4 Å². The zero-order valence-electron chi connectivity index (χ0n) is 11.9. The van der Waals surface area contributed by atoms with Crippen LogP contribution in [0, 0.1) is 35.5 Å². The summed E-state index contributed by atoms with van der Waals surface area (Å²) in [5, 5.41) is 12.4. The second kappa shape index (κ2) is 5.23. The van der Waals surface area contributed by atoms with Gasteiger partial charge in [0.1, 0.15) is 0 Å². The van der Waals surface area contributed by atoms with Crippen molar-refractivity contribution in [3.63, 3.8) is 0 Å². The lowest BCUT2D eigenvalue weighted by atomic mass is 9.82. The quantitative estimate of drug-likeness (QED) is 0.773. The summed E-state index contributed by atoms with van der Waals surface area (Å²) in [4.78, 5) is 23.8. The summed E-state index contributed by atoms with van der Waals surface area (Å²) >= 11 is 0. The fourth-order valence-corrected chi connectivity index (χ4v) is 4.39. The van der Waals surface area contributed by atoms with E-state index in [1.165, 1.54) is 19.3 Å². The van der Waals surface area contributed by atoms with Crippen molar-refractivity contribution in [2.45, 2.75) is 32.6 Å². The molecule has 3 aliphatic rings. The third-order valence-corrected chi connectivity index (χ3v) is 5.62. The van der Waals surface area contributed by atoms with Crippen molar-refractivity contribution in [3.05, 3.63) is 12.2 Å². The number of rotatable bonds is 4. The molecule has 0 saturated heterocycles. The maximum atomic E-state index is 12.4. The molecular formula is C16H23NO3. The van der Waals surface area contributed by atoms with Crippen LogP contribution in [0.25, 0.3) is 0 Å². The number of fused-ring (bicyclic) bond motifs is 2. The van der Waals surface area contributed by atoms with Crippen LogP contribution < -0.4 is 5.32 Å². The van der Waals surface area contributed by atoms with Crippen LogP contribution in [0.15, 0.2) is 12.2 Å². The molecule has 0 aliphatic heterocycles. The summed E-state index contributed by atoms with van der Waals surface area (Å²) in [6.07, 6.45) is 8.51. The third kappa shape index (κ3) is 2.25. The monoisotopic (exact) mass is 277 g/mol. The van der Waals surface area contributed by atoms with Crippen molar-refractivity contribution in [1.82, 2.24) is 5.32 Å². The average Bonchev–Trinajstić information content (AvgIpc) is 3.10. The molecule has 0 aromatic carbocycles. The first kappa shape index (κ1) is 13.7. The van der Waals surface area contributed by atoms with Gasteiger partial charge in [0.2, 0.25) is 5.91 Å². The Hall–Kier alpha value is -1.32. The molecule has 20 heavy (non-hydrogen) atoms. The molecule has 2 fully saturated rings. The van der Waals surface area contributed by atoms with Gasteiger partial charge in [-0.1, -0.05) is 31.9 Å². The zero-order valence-corrected chi connectivity index (χ0v) is 11.9. The molecule has 0 radical (unpaired) electrons. The lowest BCUT2D eigenvalue weighted by molar-refractivity contribution is -0.147. The van der Waals surface area contributed by atoms with Gasteiger partial charge in [0.05, 0.1) is 11.8 Å². The number of hydrogen-bond donors (Lipinski definition) is 2. The van der Waals surface area contributed by atoms with Gasteiger partial charge >= 0.3 is 5.97 Å². The van der Waals surface area contributed by atoms with Crippen molar-refractivity contribution in [3.8, 4) is 0 Å². The summed E-state index contributed by atoms with van der Waals surface area (Å²) in [5.74, 6) is -0.336. The molecule has 4 nitrogen and oxygen atoms in total. The fraction of sp³-hybridized carbons (Fsp3) is 0.750. The highest BCUT2D eigenvalue weighted by atomic mass is 16.4. The third-order valence-electron chi connectivity index (χ3n) is 5.62. The molecule has 3 aliphatic carbocycles. The average molecular weight is 277 g/mol. The van der Waals surface area contributed by atoms with E-state index in [2.05, 4.69) is 12.2 Å². The van der Waals surface area contributed by atoms with Crippen molar-refractivity contribution >= 4 is 11.9 Å². The Bertz CT molecular complexity index is 445. The van der Waals surface area contributed by atoms with E-state index in [0.29, 0.717) is 18.4 Å². The zero-order chi connectivity index (χ0) is 14.3. The minimum Gasteiger partial charge on any atom is -0.481 e. The maximum Gasteiger partial charge on any atom is 0.307 e. The second-order valence-corrected chi connectivity index (χ2v) is 6.75. The minimum absolute atomic E-state index is 0.0478. The van der Waals surface area contributed by atoms with Crippen LogP contribution in [-0.4, -0.2) is 23.5 Å². The molecule has 3 rings (SSSR count). The number of nitrogens with one attached hydrogen (secondary N) is 1. The number of hydrogen-bond acceptors (Lipinski definition) is 2. The van der Waals surface area contributed by atoms with Gasteiger partial charge < -0.3 is 10.4 Å². The molecule has 2 saturated carbocycles. The van der Waals surface area contributed by atoms with E-state index in [9.17, 15) is 14.7 Å². The number of allylic oxidation sites excluding steroid dienone is 2. The Morgan fingerprint density at radius 3 is 2.50 bits per heavy atom. The molecule has 0 spiro atoms. The van der Waals surface area contributed by atoms with Crippen LogP contribution in [0.2, 0.25) is 0 Å². The van der Waals surface area contributed by atoms with Gasteiger partial charge in [-0.15, -0.1) is 0 Å². The van der Waals surface area contributed by atoms with Crippen LogP contribution in [0.3, 0.4) is 0 Å². The standard InChI is InChI=1S/C16H23NO3/c1-9-3-2-4-12(9)8-17-15(18)13-10-5-6-11(7-10)14(13)16(19)20/h5-6,9-14H,2-4,7-8H2,1H3,(H,17,18)(H,19,20). The summed E-state index contributed by atoms with van der Waals surface area (Å²) in [6, 6.07) is 0. The number of carboxylic acids is 1. The van der Waals surface area contributed by atoms with Crippen LogP contribution in [0.5, 0.6) is 0 Å². The van der Waals surface area contributed by atoms with Gasteiger partial charge in [0.15, 0.2) is 0 Å². The first-order valence-corrected chi connectivity index (χ1v) is 7.76. The Balaban J connectivity index is 1.61. The molecule has 4 heteroatoms. The van der Waals surface area contributed by atoms with E-state index in [0.717, 1.165) is 6.42 Å². The number of amides is 1. The van der Waals surface area contributed by atoms with Crippen LogP contribution >= 0.6 is 0 Å². The van der Waals surface area contributed by atoms with Gasteiger partial charge in [0.25, 0.3) is 0 Å². The second-order valence-electron chi connectivity index (χ2n) is 6.75. The van der Waals surface area contributed by atoms with E-state index in [-0.39, 0.29) is 23.7 Å². The number of carbonyl (C=O) groups is 2. The molecule has 1 amide bonds.